The van der Waals surface area contributed by atoms with Crippen molar-refractivity contribution in [1.82, 2.24) is 0 Å². The highest BCUT2D eigenvalue weighted by molar-refractivity contribution is 7.47. The first-order valence-corrected chi connectivity index (χ1v) is 39.2. The fourth-order valence-corrected chi connectivity index (χ4v) is 12.0. The first-order valence-electron chi connectivity index (χ1n) is 36.2. The molecule has 0 saturated carbocycles. The Kier molecular flexibility index (Phi) is 61.1. The SMILES string of the molecule is CCCCCCCCCCCCC(=O)OC[C@H](COP(=O)(O)OC[C@@H](O)COP(=O)(O)OC[C@@H](COC(=O)CCCCCCCCC)OC(=O)CCCCCCCCCCC)OC(=O)CCCCCCCCCCCCCCCCCCCCC(C)CC. The highest BCUT2D eigenvalue weighted by Gasteiger charge is 2.30. The maximum atomic E-state index is 13.0. The molecule has 0 bridgehead atoms. The third kappa shape index (κ3) is 61.6. The highest BCUT2D eigenvalue weighted by atomic mass is 31.2. The molecule has 3 unspecified atom stereocenters. The van der Waals surface area contributed by atoms with Gasteiger partial charge in [-0.1, -0.05) is 304 Å². The first kappa shape index (κ1) is 86.1. The molecule has 0 aliphatic carbocycles. The van der Waals surface area contributed by atoms with E-state index in [9.17, 15) is 43.2 Å². The second kappa shape index (κ2) is 62.5. The van der Waals surface area contributed by atoms with Crippen LogP contribution >= 0.6 is 15.6 Å². The smallest absolute Gasteiger partial charge is 0.462 e. The predicted molar refractivity (Wildman–Crippen MR) is 354 cm³/mol. The molecule has 0 aliphatic rings. The number of hydrogen-bond acceptors (Lipinski definition) is 15. The van der Waals surface area contributed by atoms with Gasteiger partial charge in [-0.2, -0.15) is 0 Å². The summed E-state index contributed by atoms with van der Waals surface area (Å²) in [5, 5.41) is 10.5. The fourth-order valence-electron chi connectivity index (χ4n) is 10.4. The minimum atomic E-state index is -4.95. The Morgan fingerprint density at radius 1 is 0.318 bits per heavy atom. The number of aliphatic hydroxyl groups is 1. The van der Waals surface area contributed by atoms with Crippen LogP contribution < -0.4 is 0 Å². The van der Waals surface area contributed by atoms with Gasteiger partial charge in [0.25, 0.3) is 0 Å². The van der Waals surface area contributed by atoms with Crippen LogP contribution in [0.3, 0.4) is 0 Å². The number of esters is 4. The molecule has 0 spiro atoms. The van der Waals surface area contributed by atoms with Gasteiger partial charge in [-0.3, -0.25) is 37.3 Å². The lowest BCUT2D eigenvalue weighted by molar-refractivity contribution is -0.161. The fraction of sp³-hybridized carbons (Fsp3) is 0.942. The summed E-state index contributed by atoms with van der Waals surface area (Å²) in [5.74, 6) is -1.26. The molecule has 0 aliphatic heterocycles. The van der Waals surface area contributed by atoms with Crippen LogP contribution in [0, 0.1) is 5.92 Å². The van der Waals surface area contributed by atoms with Crippen LogP contribution in [-0.4, -0.2) is 96.7 Å². The van der Waals surface area contributed by atoms with Crippen molar-refractivity contribution >= 4 is 39.5 Å². The Balaban J connectivity index is 5.08. The number of rotatable bonds is 69. The van der Waals surface area contributed by atoms with E-state index in [0.29, 0.717) is 25.7 Å². The van der Waals surface area contributed by atoms with Gasteiger partial charge in [0, 0.05) is 25.7 Å². The van der Waals surface area contributed by atoms with E-state index in [0.717, 1.165) is 109 Å². The van der Waals surface area contributed by atoms with E-state index in [1.165, 1.54) is 167 Å². The van der Waals surface area contributed by atoms with Crippen LogP contribution in [0.1, 0.15) is 356 Å². The molecule has 6 atom stereocenters. The summed E-state index contributed by atoms with van der Waals surface area (Å²) in [6.07, 6.45) is 48.8. The Morgan fingerprint density at radius 2 is 0.545 bits per heavy atom. The van der Waals surface area contributed by atoms with Crippen LogP contribution in [0.25, 0.3) is 0 Å². The van der Waals surface area contributed by atoms with E-state index < -0.39 is 97.5 Å². The summed E-state index contributed by atoms with van der Waals surface area (Å²) in [7, 11) is -9.88. The molecular weight excluding hydrogens is 1160 g/mol. The van der Waals surface area contributed by atoms with Gasteiger partial charge in [0.2, 0.25) is 0 Å². The van der Waals surface area contributed by atoms with Gasteiger partial charge >= 0.3 is 39.5 Å². The van der Waals surface area contributed by atoms with E-state index in [-0.39, 0.29) is 25.7 Å². The molecule has 88 heavy (non-hydrogen) atoms. The Morgan fingerprint density at radius 3 is 0.807 bits per heavy atom. The van der Waals surface area contributed by atoms with Crippen molar-refractivity contribution < 1.29 is 80.2 Å². The maximum absolute atomic E-state index is 13.0. The number of hydrogen-bond donors (Lipinski definition) is 3. The monoisotopic (exact) mass is 1300 g/mol. The number of carbonyl (C=O) groups is 4. The average molecular weight is 1300 g/mol. The molecule has 0 aromatic rings. The molecule has 0 rings (SSSR count). The minimum absolute atomic E-state index is 0.106. The number of carbonyl (C=O) groups excluding carboxylic acids is 4. The summed E-state index contributed by atoms with van der Waals surface area (Å²) < 4.78 is 68.0. The van der Waals surface area contributed by atoms with Crippen LogP contribution in [0.2, 0.25) is 0 Å². The van der Waals surface area contributed by atoms with Gasteiger partial charge in [0.1, 0.15) is 19.3 Å². The molecule has 0 fully saturated rings. The van der Waals surface area contributed by atoms with Crippen LogP contribution in [0.5, 0.6) is 0 Å². The van der Waals surface area contributed by atoms with Crippen molar-refractivity contribution in [2.45, 2.75) is 374 Å². The summed E-state index contributed by atoms with van der Waals surface area (Å²) in [4.78, 5) is 72.2. The molecule has 17 nitrogen and oxygen atoms in total. The zero-order valence-corrected chi connectivity index (χ0v) is 58.6. The summed E-state index contributed by atoms with van der Waals surface area (Å²) >= 11 is 0. The van der Waals surface area contributed by atoms with Gasteiger partial charge < -0.3 is 33.8 Å². The van der Waals surface area contributed by atoms with E-state index in [1.54, 1.807) is 0 Å². The lowest BCUT2D eigenvalue weighted by Crippen LogP contribution is -2.30. The second-order valence-electron chi connectivity index (χ2n) is 25.2. The number of phosphoric ester groups is 2. The van der Waals surface area contributed by atoms with Crippen molar-refractivity contribution in [2.24, 2.45) is 5.92 Å². The van der Waals surface area contributed by atoms with Gasteiger partial charge in [-0.15, -0.1) is 0 Å². The lowest BCUT2D eigenvalue weighted by Gasteiger charge is -2.21. The molecule has 522 valence electrons. The molecule has 0 heterocycles. The van der Waals surface area contributed by atoms with Crippen molar-refractivity contribution in [3.8, 4) is 0 Å². The molecular formula is C69H134O17P2. The Hall–Kier alpha value is -1.94. The molecule has 0 radical (unpaired) electrons. The zero-order valence-electron chi connectivity index (χ0n) is 56.9. The van der Waals surface area contributed by atoms with Gasteiger partial charge in [0.05, 0.1) is 26.4 Å². The molecule has 0 saturated heterocycles. The van der Waals surface area contributed by atoms with Gasteiger partial charge in [-0.25, -0.2) is 9.13 Å². The van der Waals surface area contributed by atoms with E-state index in [4.69, 9.17) is 37.0 Å². The summed E-state index contributed by atoms with van der Waals surface area (Å²) in [6.45, 7) is 7.23. The number of aliphatic hydroxyl groups excluding tert-OH is 1. The van der Waals surface area contributed by atoms with Crippen LogP contribution in [-0.2, 0) is 65.4 Å². The van der Waals surface area contributed by atoms with E-state index in [1.807, 2.05) is 0 Å². The highest BCUT2D eigenvalue weighted by Crippen LogP contribution is 2.45. The van der Waals surface area contributed by atoms with Crippen molar-refractivity contribution in [3.63, 3.8) is 0 Å². The van der Waals surface area contributed by atoms with E-state index >= 15 is 0 Å². The van der Waals surface area contributed by atoms with Crippen LogP contribution in [0.4, 0.5) is 0 Å². The Bertz CT molecular complexity index is 1710. The zero-order chi connectivity index (χ0) is 64.9. The van der Waals surface area contributed by atoms with E-state index in [2.05, 4.69) is 34.6 Å². The summed E-state index contributed by atoms with van der Waals surface area (Å²) in [5.41, 5.74) is 0. The predicted octanol–water partition coefficient (Wildman–Crippen LogP) is 19.7. The van der Waals surface area contributed by atoms with Crippen molar-refractivity contribution in [2.75, 3.05) is 39.6 Å². The largest absolute Gasteiger partial charge is 0.472 e. The first-order chi connectivity index (χ1) is 42.6. The maximum Gasteiger partial charge on any atom is 0.472 e. The standard InChI is InChI=1S/C69H134O17P2/c1-6-10-13-16-19-21-34-38-43-48-53-67(72)80-59-65(86-69(74)55-50-45-40-35-31-29-27-25-23-22-24-26-28-30-33-37-41-46-51-62(5)9-4)61-84-88(77,78)82-57-63(70)56-81-87(75,76)83-60-64(58-79-66(71)52-47-42-36-18-15-12-8-3)85-68(73)54-49-44-39-32-20-17-14-11-7-2/h62-65,70H,6-61H2,1-5H3,(H,75,76)(H,77,78)/t62?,63-,64+,65+/m0/s1. The molecule has 0 aromatic heterocycles. The quantitative estimate of drug-likeness (QED) is 0.0222. The van der Waals surface area contributed by atoms with Gasteiger partial charge in [0.15, 0.2) is 12.2 Å². The molecule has 0 aromatic carbocycles. The second-order valence-corrected chi connectivity index (χ2v) is 28.1. The normalized spacial score (nSPS) is 14.4. The number of phosphoric acid groups is 2. The molecule has 0 amide bonds. The number of unbranched alkanes of at least 4 members (excludes halogenated alkanes) is 40. The molecule has 3 N–H and O–H groups in total. The summed E-state index contributed by atoms with van der Waals surface area (Å²) in [6, 6.07) is 0. The third-order valence-corrected chi connectivity index (χ3v) is 18.3. The minimum Gasteiger partial charge on any atom is -0.462 e. The topological polar surface area (TPSA) is 237 Å². The van der Waals surface area contributed by atoms with Gasteiger partial charge in [-0.05, 0) is 31.6 Å². The molecule has 19 heteroatoms. The average Bonchev–Trinajstić information content (AvgIpc) is 3.69. The number of ether oxygens (including phenoxy) is 4. The van der Waals surface area contributed by atoms with Crippen LogP contribution in [0.15, 0.2) is 0 Å². The lowest BCUT2D eigenvalue weighted by atomic mass is 9.99. The van der Waals surface area contributed by atoms with Crippen molar-refractivity contribution in [3.05, 3.63) is 0 Å². The third-order valence-electron chi connectivity index (χ3n) is 16.4. The Labute approximate surface area is 537 Å². The van der Waals surface area contributed by atoms with Crippen molar-refractivity contribution in [1.29, 1.82) is 0 Å².